The van der Waals surface area contributed by atoms with Gasteiger partial charge in [0.15, 0.2) is 0 Å². The minimum absolute atomic E-state index is 0.0131. The van der Waals surface area contributed by atoms with Crippen molar-refractivity contribution in [2.75, 3.05) is 32.8 Å². The number of pyridine rings is 1. The van der Waals surface area contributed by atoms with Gasteiger partial charge in [-0.05, 0) is 45.4 Å². The van der Waals surface area contributed by atoms with Crippen LogP contribution in [0.5, 0.6) is 0 Å². The largest absolute Gasteiger partial charge is 0.466 e. The molecule has 7 heteroatoms. The summed E-state index contributed by atoms with van der Waals surface area (Å²) >= 11 is 1.70. The minimum atomic E-state index is -0.405. The molecule has 0 saturated carbocycles. The topological polar surface area (TPSA) is 58.6 Å². The number of esters is 1. The monoisotopic (exact) mass is 414 g/mol. The van der Waals surface area contributed by atoms with Gasteiger partial charge in [-0.1, -0.05) is 6.07 Å². The van der Waals surface area contributed by atoms with Crippen molar-refractivity contribution in [2.45, 2.75) is 39.8 Å². The molecule has 2 atom stereocenters. The van der Waals surface area contributed by atoms with Crippen LogP contribution in [0.4, 0.5) is 0 Å². The molecule has 4 rings (SSSR count). The zero-order valence-electron chi connectivity index (χ0n) is 17.3. The van der Waals surface area contributed by atoms with Gasteiger partial charge in [0, 0.05) is 49.4 Å². The van der Waals surface area contributed by atoms with Crippen molar-refractivity contribution in [2.24, 2.45) is 11.3 Å². The number of carbonyl (C=O) groups is 1. The molecule has 6 nitrogen and oxygen atoms in total. The lowest BCUT2D eigenvalue weighted by atomic mass is 9.75. The first kappa shape index (κ1) is 20.4. The average molecular weight is 415 g/mol. The van der Waals surface area contributed by atoms with Crippen molar-refractivity contribution in [1.82, 2.24) is 19.8 Å². The zero-order chi connectivity index (χ0) is 20.3. The smallest absolute Gasteiger partial charge is 0.313 e. The fourth-order valence-electron chi connectivity index (χ4n) is 4.93. The van der Waals surface area contributed by atoms with Crippen LogP contribution in [-0.2, 0) is 22.6 Å². The highest BCUT2D eigenvalue weighted by Crippen LogP contribution is 2.44. The Labute approximate surface area is 176 Å². The molecule has 4 heterocycles. The Morgan fingerprint density at radius 2 is 2.17 bits per heavy atom. The predicted octanol–water partition coefficient (Wildman–Crippen LogP) is 3.12. The van der Waals surface area contributed by atoms with E-state index in [1.807, 2.05) is 31.5 Å². The predicted molar refractivity (Wildman–Crippen MR) is 113 cm³/mol. The third kappa shape index (κ3) is 4.52. The van der Waals surface area contributed by atoms with Gasteiger partial charge < -0.3 is 4.74 Å². The van der Waals surface area contributed by atoms with Gasteiger partial charge in [0.1, 0.15) is 5.01 Å². The first-order valence-electron chi connectivity index (χ1n) is 10.5. The summed E-state index contributed by atoms with van der Waals surface area (Å²) in [5.41, 5.74) is 1.70. The van der Waals surface area contributed by atoms with Gasteiger partial charge in [-0.15, -0.1) is 11.3 Å². The summed E-state index contributed by atoms with van der Waals surface area (Å²) in [4.78, 5) is 27.1. The Bertz CT molecular complexity index is 828. The van der Waals surface area contributed by atoms with Crippen LogP contribution in [0.15, 0.2) is 29.8 Å². The number of hydrogen-bond acceptors (Lipinski definition) is 7. The number of aromatic nitrogens is 2. The van der Waals surface area contributed by atoms with E-state index in [4.69, 9.17) is 4.74 Å². The summed E-state index contributed by atoms with van der Waals surface area (Å²) in [7, 11) is 0. The van der Waals surface area contributed by atoms with Crippen LogP contribution in [0.2, 0.25) is 0 Å². The molecule has 2 fully saturated rings. The highest BCUT2D eigenvalue weighted by atomic mass is 32.1. The second-order valence-electron chi connectivity index (χ2n) is 8.28. The van der Waals surface area contributed by atoms with E-state index in [1.54, 1.807) is 11.3 Å². The van der Waals surface area contributed by atoms with E-state index in [2.05, 4.69) is 31.9 Å². The van der Waals surface area contributed by atoms with Crippen molar-refractivity contribution in [3.05, 3.63) is 46.2 Å². The summed E-state index contributed by atoms with van der Waals surface area (Å²) < 4.78 is 5.59. The van der Waals surface area contributed by atoms with Crippen molar-refractivity contribution in [1.29, 1.82) is 0 Å². The van der Waals surface area contributed by atoms with Gasteiger partial charge in [0.2, 0.25) is 0 Å². The summed E-state index contributed by atoms with van der Waals surface area (Å²) in [5.74, 6) is 0.259. The quantitative estimate of drug-likeness (QED) is 0.677. The molecule has 2 aromatic rings. The van der Waals surface area contributed by atoms with Crippen LogP contribution in [0.25, 0.3) is 0 Å². The Hall–Kier alpha value is -1.83. The maximum atomic E-state index is 13.1. The molecule has 0 aliphatic carbocycles. The Balaban J connectivity index is 1.53. The first-order chi connectivity index (χ1) is 14.1. The number of carbonyl (C=O) groups excluding carboxylic acids is 1. The summed E-state index contributed by atoms with van der Waals surface area (Å²) in [6, 6.07) is 6.16. The van der Waals surface area contributed by atoms with E-state index in [-0.39, 0.29) is 11.9 Å². The van der Waals surface area contributed by atoms with Crippen molar-refractivity contribution in [3.8, 4) is 0 Å². The molecular weight excluding hydrogens is 384 g/mol. The van der Waals surface area contributed by atoms with E-state index in [0.717, 1.165) is 68.5 Å². The molecule has 156 valence electrons. The SMILES string of the molecule is CCOC(=O)[C@]12CCCN(Cc3nccs3)C[C@H]1CN(Cc1cccc(C)n1)C2. The lowest BCUT2D eigenvalue weighted by Crippen LogP contribution is -2.42. The molecule has 0 radical (unpaired) electrons. The fraction of sp³-hybridized carbons (Fsp3) is 0.591. The molecule has 2 aromatic heterocycles. The number of hydrogen-bond donors (Lipinski definition) is 0. The van der Waals surface area contributed by atoms with E-state index in [1.165, 1.54) is 0 Å². The molecule has 29 heavy (non-hydrogen) atoms. The van der Waals surface area contributed by atoms with Crippen molar-refractivity contribution < 1.29 is 9.53 Å². The fourth-order valence-corrected chi connectivity index (χ4v) is 5.58. The summed E-state index contributed by atoms with van der Waals surface area (Å²) in [5, 5.41) is 3.18. The van der Waals surface area contributed by atoms with E-state index < -0.39 is 5.41 Å². The van der Waals surface area contributed by atoms with E-state index >= 15 is 0 Å². The third-order valence-corrected chi connectivity index (χ3v) is 6.96. The molecule has 2 aliphatic rings. The first-order valence-corrected chi connectivity index (χ1v) is 11.4. The maximum absolute atomic E-state index is 13.1. The Morgan fingerprint density at radius 1 is 1.31 bits per heavy atom. The highest BCUT2D eigenvalue weighted by molar-refractivity contribution is 7.09. The van der Waals surface area contributed by atoms with Gasteiger partial charge in [-0.25, -0.2) is 4.98 Å². The van der Waals surface area contributed by atoms with Crippen LogP contribution in [0.3, 0.4) is 0 Å². The number of ether oxygens (including phenoxy) is 1. The van der Waals surface area contributed by atoms with Crippen LogP contribution in [0.1, 0.15) is 36.2 Å². The maximum Gasteiger partial charge on any atom is 0.313 e. The molecule has 0 aromatic carbocycles. The number of likely N-dealkylation sites (tertiary alicyclic amines) is 2. The van der Waals surface area contributed by atoms with Crippen LogP contribution < -0.4 is 0 Å². The summed E-state index contributed by atoms with van der Waals surface area (Å²) in [6.45, 7) is 9.60. The molecule has 2 aliphatic heterocycles. The number of aryl methyl sites for hydroxylation is 1. The van der Waals surface area contributed by atoms with E-state index in [9.17, 15) is 4.79 Å². The number of nitrogens with zero attached hydrogens (tertiary/aromatic N) is 4. The van der Waals surface area contributed by atoms with Crippen molar-refractivity contribution >= 4 is 17.3 Å². The van der Waals surface area contributed by atoms with Gasteiger partial charge in [0.25, 0.3) is 0 Å². The second kappa shape index (κ2) is 8.90. The van der Waals surface area contributed by atoms with Crippen LogP contribution >= 0.6 is 11.3 Å². The standard InChI is InChI=1S/C22H30N4O2S/c1-3-28-21(27)22-8-5-10-25(15-20-23-9-11-29-20)12-18(22)13-26(16-22)14-19-7-4-6-17(2)24-19/h4,6-7,9,11,18H,3,5,8,10,12-16H2,1-2H3/t18-,22-/m0/s1. The van der Waals surface area contributed by atoms with Gasteiger partial charge >= 0.3 is 5.97 Å². The van der Waals surface area contributed by atoms with E-state index in [0.29, 0.717) is 6.61 Å². The molecule has 0 unspecified atom stereocenters. The normalized spacial score (nSPS) is 25.5. The summed E-state index contributed by atoms with van der Waals surface area (Å²) in [6.07, 6.45) is 3.77. The molecule has 0 bridgehead atoms. The molecule has 0 N–H and O–H groups in total. The lowest BCUT2D eigenvalue weighted by Gasteiger charge is -2.31. The Morgan fingerprint density at radius 3 is 2.93 bits per heavy atom. The van der Waals surface area contributed by atoms with Crippen LogP contribution in [0, 0.1) is 18.3 Å². The molecule has 0 amide bonds. The highest BCUT2D eigenvalue weighted by Gasteiger charge is 2.54. The number of rotatable bonds is 6. The van der Waals surface area contributed by atoms with Gasteiger partial charge in [-0.3, -0.25) is 19.6 Å². The van der Waals surface area contributed by atoms with Gasteiger partial charge in [-0.2, -0.15) is 0 Å². The average Bonchev–Trinajstić information content (AvgIpc) is 3.27. The Kier molecular flexibility index (Phi) is 6.27. The molecule has 0 spiro atoms. The van der Waals surface area contributed by atoms with Gasteiger partial charge in [0.05, 0.1) is 24.3 Å². The number of thiazole rings is 1. The molecular formula is C22H30N4O2S. The van der Waals surface area contributed by atoms with Crippen LogP contribution in [-0.4, -0.2) is 58.5 Å². The molecule has 2 saturated heterocycles. The second-order valence-corrected chi connectivity index (χ2v) is 9.26. The zero-order valence-corrected chi connectivity index (χ0v) is 18.2. The third-order valence-electron chi connectivity index (χ3n) is 6.20. The van der Waals surface area contributed by atoms with Crippen molar-refractivity contribution in [3.63, 3.8) is 0 Å². The number of fused-ring (bicyclic) bond motifs is 1. The minimum Gasteiger partial charge on any atom is -0.466 e. The lowest BCUT2D eigenvalue weighted by molar-refractivity contribution is -0.157.